The minimum absolute atomic E-state index is 0.0907. The van der Waals surface area contributed by atoms with Gasteiger partial charge in [-0.15, -0.1) is 0 Å². The summed E-state index contributed by atoms with van der Waals surface area (Å²) in [6.45, 7) is 0.537. The highest BCUT2D eigenvalue weighted by molar-refractivity contribution is 5.94. The number of carboxylic acids is 1. The number of hydrogen-bond donors (Lipinski definition) is 9. The molecule has 0 radical (unpaired) electrons. The van der Waals surface area contributed by atoms with Gasteiger partial charge in [0, 0.05) is 13.0 Å². The molecule has 4 atom stereocenters. The van der Waals surface area contributed by atoms with E-state index in [-0.39, 0.29) is 44.6 Å². The molecule has 15 nitrogen and oxygen atoms in total. The Bertz CT molecular complexity index is 1030. The van der Waals surface area contributed by atoms with Crippen LogP contribution in [-0.4, -0.2) is 77.9 Å². The van der Waals surface area contributed by atoms with Gasteiger partial charge in [0.2, 0.25) is 23.6 Å². The van der Waals surface area contributed by atoms with Crippen molar-refractivity contribution in [2.75, 3.05) is 13.1 Å². The highest BCUT2D eigenvalue weighted by atomic mass is 16.4. The zero-order valence-electron chi connectivity index (χ0n) is 23.1. The second-order valence-electron chi connectivity index (χ2n) is 9.56. The predicted octanol–water partition coefficient (Wildman–Crippen LogP) is -2.46. The molecule has 4 amide bonds. The van der Waals surface area contributed by atoms with Crippen LogP contribution in [0.4, 0.5) is 0 Å². The van der Waals surface area contributed by atoms with Crippen LogP contribution in [0.15, 0.2) is 35.3 Å². The second kappa shape index (κ2) is 18.9. The Morgan fingerprint density at radius 1 is 0.780 bits per heavy atom. The number of aliphatic carboxylic acids is 1. The number of carbonyl (C=O) groups is 5. The number of nitrogens with zero attached hydrogens (tertiary/aromatic N) is 1. The van der Waals surface area contributed by atoms with E-state index in [1.807, 2.05) is 30.3 Å². The van der Waals surface area contributed by atoms with Gasteiger partial charge in [-0.3, -0.25) is 24.2 Å². The van der Waals surface area contributed by atoms with Crippen LogP contribution < -0.4 is 44.6 Å². The second-order valence-corrected chi connectivity index (χ2v) is 9.56. The molecule has 0 aliphatic rings. The van der Waals surface area contributed by atoms with Crippen LogP contribution in [0.3, 0.4) is 0 Å². The monoisotopic (exact) mass is 577 g/mol. The van der Waals surface area contributed by atoms with Gasteiger partial charge in [0.25, 0.3) is 0 Å². The molecule has 0 aliphatic carbocycles. The molecular formula is C26H43N9O6. The predicted molar refractivity (Wildman–Crippen MR) is 153 cm³/mol. The van der Waals surface area contributed by atoms with Crippen molar-refractivity contribution in [1.29, 1.82) is 0 Å². The van der Waals surface area contributed by atoms with Crippen molar-refractivity contribution in [1.82, 2.24) is 16.0 Å². The number of primary amides is 1. The molecular weight excluding hydrogens is 534 g/mol. The van der Waals surface area contributed by atoms with E-state index < -0.39 is 53.8 Å². The summed E-state index contributed by atoms with van der Waals surface area (Å²) in [5.74, 6) is -4.26. The van der Waals surface area contributed by atoms with Crippen molar-refractivity contribution < 1.29 is 29.1 Å². The molecule has 41 heavy (non-hydrogen) atoms. The maximum atomic E-state index is 13.3. The minimum Gasteiger partial charge on any atom is -0.480 e. The Kier molecular flexibility index (Phi) is 16.1. The number of unbranched alkanes of at least 4 members (excludes halogenated alkanes) is 1. The number of carboxylic acid groups (broad SMARTS) is 1. The Morgan fingerprint density at radius 3 is 1.90 bits per heavy atom. The van der Waals surface area contributed by atoms with Crippen LogP contribution in [-0.2, 0) is 30.4 Å². The van der Waals surface area contributed by atoms with Crippen LogP contribution >= 0.6 is 0 Å². The van der Waals surface area contributed by atoms with Crippen molar-refractivity contribution in [3.05, 3.63) is 35.9 Å². The van der Waals surface area contributed by atoms with E-state index in [2.05, 4.69) is 20.9 Å². The average Bonchev–Trinajstić information content (AvgIpc) is 2.91. The standard InChI is InChI=1S/C26H43N9O6/c27-13-5-4-9-20(25(40)41)35-24(39)19(11-12-21(29)36)34-23(38)18(10-6-14-32-26(30)31)33-22(37)17(28)15-16-7-2-1-3-8-16/h1-3,7-8,17-20H,4-6,9-15,27-28H2,(H2,29,36)(H,33,37)(H,34,38)(H,35,39)(H,40,41)(H4,30,31,32). The summed E-state index contributed by atoms with van der Waals surface area (Å²) in [7, 11) is 0. The maximum absolute atomic E-state index is 13.3. The molecule has 14 N–H and O–H groups in total. The van der Waals surface area contributed by atoms with E-state index in [0.717, 1.165) is 5.56 Å². The van der Waals surface area contributed by atoms with Crippen LogP contribution in [0.1, 0.15) is 50.5 Å². The average molecular weight is 578 g/mol. The third kappa shape index (κ3) is 14.6. The lowest BCUT2D eigenvalue weighted by Crippen LogP contribution is -2.57. The normalized spacial score (nSPS) is 13.6. The summed E-state index contributed by atoms with van der Waals surface area (Å²) >= 11 is 0. The smallest absolute Gasteiger partial charge is 0.326 e. The van der Waals surface area contributed by atoms with Gasteiger partial charge < -0.3 is 49.7 Å². The molecule has 228 valence electrons. The molecule has 15 heteroatoms. The molecule has 0 spiro atoms. The molecule has 0 fully saturated rings. The van der Waals surface area contributed by atoms with Crippen LogP contribution in [0.2, 0.25) is 0 Å². The fraction of sp³-hybridized carbons (Fsp3) is 0.538. The van der Waals surface area contributed by atoms with E-state index in [1.165, 1.54) is 0 Å². The van der Waals surface area contributed by atoms with Gasteiger partial charge in [0.1, 0.15) is 18.1 Å². The number of aliphatic imine (C=N–C) groups is 1. The Balaban J connectivity index is 3.04. The number of amides is 4. The maximum Gasteiger partial charge on any atom is 0.326 e. The first-order valence-corrected chi connectivity index (χ1v) is 13.4. The zero-order valence-corrected chi connectivity index (χ0v) is 23.1. The van der Waals surface area contributed by atoms with Crippen molar-refractivity contribution >= 4 is 35.6 Å². The Morgan fingerprint density at radius 2 is 1.34 bits per heavy atom. The third-order valence-corrected chi connectivity index (χ3v) is 6.09. The largest absolute Gasteiger partial charge is 0.480 e. The number of benzene rings is 1. The summed E-state index contributed by atoms with van der Waals surface area (Å²) < 4.78 is 0. The molecule has 4 unspecified atom stereocenters. The van der Waals surface area contributed by atoms with Crippen molar-refractivity contribution in [3.8, 4) is 0 Å². The molecule has 0 saturated heterocycles. The lowest BCUT2D eigenvalue weighted by atomic mass is 10.0. The number of carbonyl (C=O) groups excluding carboxylic acids is 4. The quantitative estimate of drug-likeness (QED) is 0.0447. The fourth-order valence-electron chi connectivity index (χ4n) is 3.86. The van der Waals surface area contributed by atoms with Gasteiger partial charge in [-0.2, -0.15) is 0 Å². The topological polar surface area (TPSA) is 284 Å². The van der Waals surface area contributed by atoms with Crippen LogP contribution in [0.25, 0.3) is 0 Å². The molecule has 0 aromatic heterocycles. The minimum atomic E-state index is -1.30. The van der Waals surface area contributed by atoms with E-state index in [1.54, 1.807) is 0 Å². The van der Waals surface area contributed by atoms with Gasteiger partial charge in [-0.25, -0.2) is 4.79 Å². The number of guanidine groups is 1. The van der Waals surface area contributed by atoms with Gasteiger partial charge in [0.15, 0.2) is 5.96 Å². The number of hydrogen-bond acceptors (Lipinski definition) is 8. The van der Waals surface area contributed by atoms with Crippen LogP contribution in [0, 0.1) is 0 Å². The summed E-state index contributed by atoms with van der Waals surface area (Å²) in [5.41, 5.74) is 28.3. The van der Waals surface area contributed by atoms with Gasteiger partial charge in [-0.1, -0.05) is 30.3 Å². The number of nitrogens with two attached hydrogens (primary N) is 5. The fourth-order valence-corrected chi connectivity index (χ4v) is 3.86. The number of nitrogens with one attached hydrogen (secondary N) is 3. The van der Waals surface area contributed by atoms with E-state index in [4.69, 9.17) is 28.7 Å². The molecule has 0 heterocycles. The Hall–Kier alpha value is -4.24. The van der Waals surface area contributed by atoms with E-state index >= 15 is 0 Å². The van der Waals surface area contributed by atoms with E-state index in [9.17, 15) is 29.1 Å². The SMILES string of the molecule is NCCCCC(NC(=O)C(CCC(N)=O)NC(=O)C(CCCN=C(N)N)NC(=O)C(N)Cc1ccccc1)C(=O)O. The lowest BCUT2D eigenvalue weighted by molar-refractivity contribution is -0.142. The van der Waals surface area contributed by atoms with Crippen LogP contribution in [0.5, 0.6) is 0 Å². The van der Waals surface area contributed by atoms with Gasteiger partial charge >= 0.3 is 5.97 Å². The first-order chi connectivity index (χ1) is 19.4. The molecule has 0 saturated carbocycles. The van der Waals surface area contributed by atoms with E-state index in [0.29, 0.717) is 25.8 Å². The summed E-state index contributed by atoms with van der Waals surface area (Å²) in [5, 5.41) is 17.0. The van der Waals surface area contributed by atoms with Gasteiger partial charge in [0.05, 0.1) is 6.04 Å². The summed E-state index contributed by atoms with van der Waals surface area (Å²) in [6, 6.07) is 4.44. The molecule has 1 rings (SSSR count). The van der Waals surface area contributed by atoms with Gasteiger partial charge in [-0.05, 0) is 57.1 Å². The number of rotatable bonds is 20. The van der Waals surface area contributed by atoms with Crippen molar-refractivity contribution in [3.63, 3.8) is 0 Å². The first kappa shape index (κ1) is 34.8. The molecule has 0 bridgehead atoms. The molecule has 1 aromatic rings. The summed E-state index contributed by atoms with van der Waals surface area (Å²) in [6.07, 6.45) is 1.31. The lowest BCUT2D eigenvalue weighted by Gasteiger charge is -2.25. The van der Waals surface area contributed by atoms with Crippen molar-refractivity contribution in [2.24, 2.45) is 33.7 Å². The molecule has 0 aliphatic heterocycles. The summed E-state index contributed by atoms with van der Waals surface area (Å²) in [4.78, 5) is 66.1. The first-order valence-electron chi connectivity index (χ1n) is 13.4. The highest BCUT2D eigenvalue weighted by Crippen LogP contribution is 2.07. The molecule has 1 aromatic carbocycles. The third-order valence-electron chi connectivity index (χ3n) is 6.09. The highest BCUT2D eigenvalue weighted by Gasteiger charge is 2.30. The van der Waals surface area contributed by atoms with Crippen molar-refractivity contribution in [2.45, 2.75) is 75.5 Å². The Labute approximate surface area is 239 Å². The zero-order chi connectivity index (χ0) is 30.8.